The van der Waals surface area contributed by atoms with Gasteiger partial charge >= 0.3 is 0 Å². The number of rotatable bonds is 8. The van der Waals surface area contributed by atoms with E-state index >= 15 is 0 Å². The number of aromatic nitrogens is 2. The predicted molar refractivity (Wildman–Crippen MR) is 123 cm³/mol. The zero-order valence-electron chi connectivity index (χ0n) is 17.5. The molecule has 0 bridgehead atoms. The first-order chi connectivity index (χ1) is 16.2. The number of carbonyl (C=O) groups is 1. The molecule has 6 nitrogen and oxygen atoms in total. The molecule has 2 aromatic carbocycles. The molecule has 0 aliphatic rings. The van der Waals surface area contributed by atoms with Crippen molar-refractivity contribution in [3.63, 3.8) is 0 Å². The number of amides is 1. The highest BCUT2D eigenvalue weighted by Crippen LogP contribution is 2.25. The summed E-state index contributed by atoms with van der Waals surface area (Å²) in [6.45, 7) is 0.324. The lowest BCUT2D eigenvalue weighted by atomic mass is 10.2. The molecule has 2 aromatic heterocycles. The van der Waals surface area contributed by atoms with Crippen LogP contribution in [0.4, 0.5) is 10.1 Å². The first kappa shape index (κ1) is 21.7. The molecule has 0 unspecified atom stereocenters. The number of benzene rings is 2. The molecule has 0 saturated carbocycles. The third-order valence-electron chi connectivity index (χ3n) is 4.46. The summed E-state index contributed by atoms with van der Waals surface area (Å²) in [5.41, 5.74) is 1.90. The largest absolute Gasteiger partial charge is 0.487 e. The number of hydrogen-bond donors (Lipinski definition) is 1. The molecule has 1 amide bonds. The van der Waals surface area contributed by atoms with Crippen LogP contribution < -0.4 is 14.8 Å². The number of nitrogens with one attached hydrogen (secondary N) is 1. The first-order valence-corrected chi connectivity index (χ1v) is 10.1. The molecule has 0 aliphatic carbocycles. The minimum atomic E-state index is -0.542. The second-order valence-electron chi connectivity index (χ2n) is 6.94. The Bertz CT molecular complexity index is 1250. The lowest BCUT2D eigenvalue weighted by molar-refractivity contribution is -0.111. The van der Waals surface area contributed by atoms with Gasteiger partial charge in [-0.05, 0) is 60.2 Å². The number of pyridine rings is 2. The highest BCUT2D eigenvalue weighted by atomic mass is 19.1. The van der Waals surface area contributed by atoms with E-state index < -0.39 is 5.82 Å². The Kier molecular flexibility index (Phi) is 7.02. The van der Waals surface area contributed by atoms with Crippen LogP contribution in [0.3, 0.4) is 0 Å². The summed E-state index contributed by atoms with van der Waals surface area (Å²) in [6.07, 6.45) is 7.66. The fourth-order valence-corrected chi connectivity index (χ4v) is 2.90. The van der Waals surface area contributed by atoms with E-state index in [1.165, 1.54) is 30.5 Å². The van der Waals surface area contributed by atoms with E-state index in [1.807, 2.05) is 18.2 Å². The summed E-state index contributed by atoms with van der Waals surface area (Å²) in [5, 5.41) is 2.76. The second-order valence-corrected chi connectivity index (χ2v) is 6.94. The molecular formula is C26H20FN3O3. The molecule has 1 N–H and O–H groups in total. The van der Waals surface area contributed by atoms with Crippen molar-refractivity contribution in [1.82, 2.24) is 9.97 Å². The molecule has 33 heavy (non-hydrogen) atoms. The second kappa shape index (κ2) is 10.7. The lowest BCUT2D eigenvalue weighted by Gasteiger charge is -2.08. The molecule has 7 heteroatoms. The molecule has 0 atom stereocenters. The quantitative estimate of drug-likeness (QED) is 0.358. The van der Waals surface area contributed by atoms with E-state index in [0.29, 0.717) is 29.4 Å². The predicted octanol–water partition coefficient (Wildman–Crippen LogP) is 5.64. The smallest absolute Gasteiger partial charge is 0.248 e. The zero-order valence-corrected chi connectivity index (χ0v) is 17.5. The van der Waals surface area contributed by atoms with Crippen molar-refractivity contribution < 1.29 is 18.7 Å². The summed E-state index contributed by atoms with van der Waals surface area (Å²) in [5.74, 6) is 0.221. The normalized spacial score (nSPS) is 10.7. The number of carbonyl (C=O) groups excluding carboxylic acids is 1. The van der Waals surface area contributed by atoms with Gasteiger partial charge in [0.25, 0.3) is 0 Å². The van der Waals surface area contributed by atoms with Crippen LogP contribution in [0.2, 0.25) is 0 Å². The fraction of sp³-hybridized carbons (Fsp3) is 0.0385. The van der Waals surface area contributed by atoms with Crippen molar-refractivity contribution >= 4 is 17.7 Å². The summed E-state index contributed by atoms with van der Waals surface area (Å²) in [6, 6.07) is 20.5. The minimum Gasteiger partial charge on any atom is -0.487 e. The average molecular weight is 441 g/mol. The number of nitrogens with zero attached hydrogens (tertiary/aromatic N) is 2. The molecule has 0 saturated heterocycles. The molecule has 4 rings (SSSR count). The third-order valence-corrected chi connectivity index (χ3v) is 4.46. The maximum Gasteiger partial charge on any atom is 0.248 e. The van der Waals surface area contributed by atoms with Crippen LogP contribution in [0.5, 0.6) is 17.2 Å². The Balaban J connectivity index is 1.33. The topological polar surface area (TPSA) is 73.3 Å². The number of hydrogen-bond acceptors (Lipinski definition) is 5. The fourth-order valence-electron chi connectivity index (χ4n) is 2.90. The molecule has 2 heterocycles. The van der Waals surface area contributed by atoms with E-state index in [0.717, 1.165) is 5.69 Å². The standard InChI is InChI=1S/C26H20FN3O3/c27-24-15-19(9-11-25(24)33-23-8-4-13-28-17-23)10-12-26(31)30-20-6-3-7-22(16-20)32-18-21-5-1-2-14-29-21/h1-17H,18H2,(H,30,31)/b12-10+. The van der Waals surface area contributed by atoms with Gasteiger partial charge in [0.2, 0.25) is 5.91 Å². The Morgan fingerprint density at radius 1 is 0.970 bits per heavy atom. The van der Waals surface area contributed by atoms with E-state index in [-0.39, 0.29) is 11.7 Å². The van der Waals surface area contributed by atoms with Gasteiger partial charge in [0, 0.05) is 30.2 Å². The van der Waals surface area contributed by atoms with Crippen LogP contribution in [0.1, 0.15) is 11.3 Å². The summed E-state index contributed by atoms with van der Waals surface area (Å²) < 4.78 is 25.5. The average Bonchev–Trinajstić information content (AvgIpc) is 2.84. The van der Waals surface area contributed by atoms with Crippen LogP contribution in [0, 0.1) is 5.82 Å². The molecule has 164 valence electrons. The van der Waals surface area contributed by atoms with Gasteiger partial charge in [0.05, 0.1) is 11.9 Å². The molecular weight excluding hydrogens is 421 g/mol. The van der Waals surface area contributed by atoms with Gasteiger partial charge in [-0.25, -0.2) is 4.39 Å². The van der Waals surface area contributed by atoms with Crippen LogP contribution in [0.25, 0.3) is 6.08 Å². The Morgan fingerprint density at radius 3 is 2.67 bits per heavy atom. The molecule has 0 radical (unpaired) electrons. The molecule has 4 aromatic rings. The van der Waals surface area contributed by atoms with Crippen molar-refractivity contribution in [2.75, 3.05) is 5.32 Å². The zero-order chi connectivity index (χ0) is 22.9. The SMILES string of the molecule is O=C(/C=C/c1ccc(Oc2cccnc2)c(F)c1)Nc1cccc(OCc2ccccn2)c1. The summed E-state index contributed by atoms with van der Waals surface area (Å²) in [7, 11) is 0. The number of halogens is 1. The van der Waals surface area contributed by atoms with Crippen LogP contribution >= 0.6 is 0 Å². The maximum absolute atomic E-state index is 14.3. The van der Waals surface area contributed by atoms with Gasteiger partial charge in [-0.3, -0.25) is 14.8 Å². The van der Waals surface area contributed by atoms with Crippen LogP contribution in [-0.2, 0) is 11.4 Å². The Morgan fingerprint density at radius 2 is 1.88 bits per heavy atom. The van der Waals surface area contributed by atoms with E-state index in [9.17, 15) is 9.18 Å². The molecule has 0 spiro atoms. The van der Waals surface area contributed by atoms with Gasteiger partial charge in [-0.15, -0.1) is 0 Å². The van der Waals surface area contributed by atoms with Crippen molar-refractivity contribution in [2.24, 2.45) is 0 Å². The highest BCUT2D eigenvalue weighted by Gasteiger charge is 2.06. The first-order valence-electron chi connectivity index (χ1n) is 10.1. The van der Waals surface area contributed by atoms with Crippen molar-refractivity contribution in [1.29, 1.82) is 0 Å². The Labute approximate surface area is 190 Å². The monoisotopic (exact) mass is 441 g/mol. The summed E-state index contributed by atoms with van der Waals surface area (Å²) in [4.78, 5) is 20.4. The van der Waals surface area contributed by atoms with Gasteiger partial charge in [0.1, 0.15) is 18.1 Å². The van der Waals surface area contributed by atoms with Crippen LogP contribution in [0.15, 0.2) is 97.5 Å². The number of anilines is 1. The summed E-state index contributed by atoms with van der Waals surface area (Å²) >= 11 is 0. The third kappa shape index (κ3) is 6.48. The van der Waals surface area contributed by atoms with E-state index in [4.69, 9.17) is 9.47 Å². The van der Waals surface area contributed by atoms with Crippen molar-refractivity contribution in [2.45, 2.75) is 6.61 Å². The molecule has 0 fully saturated rings. The lowest BCUT2D eigenvalue weighted by Crippen LogP contribution is -2.08. The molecule has 0 aliphatic heterocycles. The van der Waals surface area contributed by atoms with Crippen molar-refractivity contribution in [3.8, 4) is 17.2 Å². The van der Waals surface area contributed by atoms with Gasteiger partial charge < -0.3 is 14.8 Å². The van der Waals surface area contributed by atoms with Gasteiger partial charge in [-0.2, -0.15) is 0 Å². The number of ether oxygens (including phenoxy) is 2. The van der Waals surface area contributed by atoms with Gasteiger partial charge in [-0.1, -0.05) is 18.2 Å². The van der Waals surface area contributed by atoms with E-state index in [2.05, 4.69) is 15.3 Å². The van der Waals surface area contributed by atoms with Crippen LogP contribution in [-0.4, -0.2) is 15.9 Å². The van der Waals surface area contributed by atoms with Crippen molar-refractivity contribution in [3.05, 3.63) is 115 Å². The Hall–Kier alpha value is -4.52. The van der Waals surface area contributed by atoms with Gasteiger partial charge in [0.15, 0.2) is 11.6 Å². The minimum absolute atomic E-state index is 0.0760. The maximum atomic E-state index is 14.3. The van der Waals surface area contributed by atoms with E-state index in [1.54, 1.807) is 54.9 Å². The highest BCUT2D eigenvalue weighted by molar-refractivity contribution is 6.02.